The van der Waals surface area contributed by atoms with Gasteiger partial charge in [0.25, 0.3) is 0 Å². The molecule has 0 heterocycles. The van der Waals surface area contributed by atoms with Crippen molar-refractivity contribution in [1.82, 2.24) is 0 Å². The molecule has 62 valence electrons. The molecule has 4 N–H and O–H groups in total. The van der Waals surface area contributed by atoms with Crippen LogP contribution in [0.3, 0.4) is 0 Å². The van der Waals surface area contributed by atoms with Gasteiger partial charge in [-0.25, -0.2) is 0 Å². The fourth-order valence-corrected chi connectivity index (χ4v) is 1.76. The maximum absolute atomic E-state index is 8.42. The van der Waals surface area contributed by atoms with Crippen molar-refractivity contribution in [3.05, 3.63) is 16.6 Å². The predicted octanol–water partition coefficient (Wildman–Crippen LogP) is 2.19. The highest BCUT2D eigenvalue weighted by atomic mass is 79.9. The van der Waals surface area contributed by atoms with Crippen LogP contribution in [0.5, 0.6) is 0 Å². The predicted molar refractivity (Wildman–Crippen MR) is 54.4 cm³/mol. The number of halogens is 1. The first kappa shape index (κ1) is 9.23. The summed E-state index contributed by atoms with van der Waals surface area (Å²) in [5.74, 6) is 0. The van der Waals surface area contributed by atoms with E-state index in [1.807, 2.05) is 5.40 Å². The molecule has 0 saturated carbocycles. The van der Waals surface area contributed by atoms with Crippen molar-refractivity contribution in [1.29, 1.82) is 5.26 Å². The summed E-state index contributed by atoms with van der Waals surface area (Å²) in [6, 6.07) is 3.36. The minimum atomic E-state index is 0.496. The SMILES string of the molecule is N#CSc1cc(N)c(N)cc1Br. The van der Waals surface area contributed by atoms with E-state index in [0.717, 1.165) is 21.1 Å². The van der Waals surface area contributed by atoms with Gasteiger partial charge in [0.2, 0.25) is 0 Å². The second-order valence-electron chi connectivity index (χ2n) is 2.10. The smallest absolute Gasteiger partial charge is 0.138 e. The first-order chi connectivity index (χ1) is 5.65. The lowest BCUT2D eigenvalue weighted by atomic mass is 10.3. The molecule has 1 aromatic rings. The molecule has 5 heteroatoms. The monoisotopic (exact) mass is 243 g/mol. The van der Waals surface area contributed by atoms with Crippen LogP contribution in [0.4, 0.5) is 11.4 Å². The second-order valence-corrected chi connectivity index (χ2v) is 3.79. The van der Waals surface area contributed by atoms with E-state index in [0.29, 0.717) is 11.4 Å². The third-order valence-corrected chi connectivity index (χ3v) is 2.86. The number of thioether (sulfide) groups is 1. The third-order valence-electron chi connectivity index (χ3n) is 1.29. The van der Waals surface area contributed by atoms with Gasteiger partial charge >= 0.3 is 0 Å². The molecule has 0 aromatic heterocycles. The molecule has 0 saturated heterocycles. The van der Waals surface area contributed by atoms with Crippen LogP contribution in [0.1, 0.15) is 0 Å². The molecule has 0 unspecified atom stereocenters. The minimum Gasteiger partial charge on any atom is -0.397 e. The van der Waals surface area contributed by atoms with E-state index >= 15 is 0 Å². The van der Waals surface area contributed by atoms with Crippen LogP contribution in [0.2, 0.25) is 0 Å². The largest absolute Gasteiger partial charge is 0.397 e. The van der Waals surface area contributed by atoms with Crippen molar-refractivity contribution in [2.24, 2.45) is 0 Å². The average Bonchev–Trinajstić information content (AvgIpc) is 2.01. The molecule has 3 nitrogen and oxygen atoms in total. The average molecular weight is 244 g/mol. The van der Waals surface area contributed by atoms with Gasteiger partial charge in [-0.1, -0.05) is 0 Å². The van der Waals surface area contributed by atoms with Gasteiger partial charge in [-0.3, -0.25) is 0 Å². The summed E-state index contributed by atoms with van der Waals surface area (Å²) in [6.07, 6.45) is 0. The van der Waals surface area contributed by atoms with E-state index in [1.165, 1.54) is 0 Å². The van der Waals surface area contributed by atoms with E-state index in [9.17, 15) is 0 Å². The fraction of sp³-hybridized carbons (Fsp3) is 0. The number of nitriles is 1. The lowest BCUT2D eigenvalue weighted by Crippen LogP contribution is -1.94. The molecular weight excluding hydrogens is 238 g/mol. The molecule has 1 aromatic carbocycles. The number of nitrogens with zero attached hydrogens (tertiary/aromatic N) is 1. The van der Waals surface area contributed by atoms with Crippen molar-refractivity contribution in [3.8, 4) is 5.40 Å². The van der Waals surface area contributed by atoms with Gasteiger partial charge < -0.3 is 11.5 Å². The van der Waals surface area contributed by atoms with E-state index in [2.05, 4.69) is 15.9 Å². The Labute approximate surface area is 82.9 Å². The van der Waals surface area contributed by atoms with Crippen molar-refractivity contribution in [3.63, 3.8) is 0 Å². The van der Waals surface area contributed by atoms with E-state index in [-0.39, 0.29) is 0 Å². The van der Waals surface area contributed by atoms with Gasteiger partial charge in [0.15, 0.2) is 0 Å². The molecule has 1 rings (SSSR count). The molecule has 0 fully saturated rings. The standard InChI is InChI=1S/C7H6BrN3S/c8-4-1-5(10)6(11)2-7(4)12-3-9/h1-2H,10-11H2. The summed E-state index contributed by atoms with van der Waals surface area (Å²) in [5, 5.41) is 10.4. The Balaban J connectivity index is 3.16. The highest BCUT2D eigenvalue weighted by Crippen LogP contribution is 2.32. The molecule has 0 aliphatic rings. The normalized spacial score (nSPS) is 9.33. The number of hydrogen-bond donors (Lipinski definition) is 2. The van der Waals surface area contributed by atoms with Crippen molar-refractivity contribution in [2.45, 2.75) is 4.90 Å². The second kappa shape index (κ2) is 3.70. The number of thiocyanates is 1. The summed E-state index contributed by atoms with van der Waals surface area (Å²) < 4.78 is 0.792. The van der Waals surface area contributed by atoms with Crippen molar-refractivity contribution >= 4 is 39.1 Å². The summed E-state index contributed by atoms with van der Waals surface area (Å²) in [5.41, 5.74) is 12.1. The van der Waals surface area contributed by atoms with E-state index in [4.69, 9.17) is 16.7 Å². The molecular formula is C7H6BrN3S. The zero-order chi connectivity index (χ0) is 9.14. The molecule has 0 atom stereocenters. The fourth-order valence-electron chi connectivity index (χ4n) is 0.712. The highest BCUT2D eigenvalue weighted by molar-refractivity contribution is 9.10. The maximum Gasteiger partial charge on any atom is 0.138 e. The Kier molecular flexibility index (Phi) is 2.84. The Bertz CT molecular complexity index is 345. The number of nitrogens with two attached hydrogens (primary N) is 2. The molecule has 0 spiro atoms. The van der Waals surface area contributed by atoms with Gasteiger partial charge in [0.05, 0.1) is 11.4 Å². The summed E-state index contributed by atoms with van der Waals surface area (Å²) >= 11 is 4.32. The molecule has 0 aliphatic carbocycles. The number of hydrogen-bond acceptors (Lipinski definition) is 4. The summed E-state index contributed by atoms with van der Waals surface area (Å²) in [4.78, 5) is 0.782. The van der Waals surface area contributed by atoms with Crippen molar-refractivity contribution in [2.75, 3.05) is 11.5 Å². The van der Waals surface area contributed by atoms with Gasteiger partial charge in [-0.05, 0) is 39.8 Å². The van der Waals surface area contributed by atoms with Crippen LogP contribution in [0, 0.1) is 10.7 Å². The lowest BCUT2D eigenvalue weighted by molar-refractivity contribution is 1.41. The molecule has 0 bridgehead atoms. The zero-order valence-electron chi connectivity index (χ0n) is 6.04. The van der Waals surface area contributed by atoms with Gasteiger partial charge in [-0.15, -0.1) is 0 Å². The Hall–Kier alpha value is -0.860. The third kappa shape index (κ3) is 1.84. The van der Waals surface area contributed by atoms with Crippen LogP contribution in [0.25, 0.3) is 0 Å². The highest BCUT2D eigenvalue weighted by Gasteiger charge is 2.03. The quantitative estimate of drug-likeness (QED) is 0.451. The number of nitrogen functional groups attached to an aromatic ring is 2. The van der Waals surface area contributed by atoms with Crippen LogP contribution in [-0.4, -0.2) is 0 Å². The lowest BCUT2D eigenvalue weighted by Gasteiger charge is -2.03. The molecule has 12 heavy (non-hydrogen) atoms. The minimum absolute atomic E-state index is 0.496. The van der Waals surface area contributed by atoms with Crippen molar-refractivity contribution < 1.29 is 0 Å². The number of anilines is 2. The molecule has 0 aliphatic heterocycles. The number of rotatable bonds is 1. The Morgan fingerprint density at radius 1 is 1.33 bits per heavy atom. The Morgan fingerprint density at radius 3 is 2.50 bits per heavy atom. The topological polar surface area (TPSA) is 75.8 Å². The van der Waals surface area contributed by atoms with Crippen LogP contribution < -0.4 is 11.5 Å². The van der Waals surface area contributed by atoms with Crippen LogP contribution in [-0.2, 0) is 0 Å². The van der Waals surface area contributed by atoms with Gasteiger partial charge in [0, 0.05) is 9.37 Å². The van der Waals surface area contributed by atoms with Crippen LogP contribution >= 0.6 is 27.7 Å². The summed E-state index contributed by atoms with van der Waals surface area (Å²) in [6.45, 7) is 0. The van der Waals surface area contributed by atoms with E-state index in [1.54, 1.807) is 12.1 Å². The van der Waals surface area contributed by atoms with Crippen LogP contribution in [0.15, 0.2) is 21.5 Å². The number of benzene rings is 1. The zero-order valence-corrected chi connectivity index (χ0v) is 8.45. The van der Waals surface area contributed by atoms with Gasteiger partial charge in [-0.2, -0.15) is 5.26 Å². The first-order valence-electron chi connectivity index (χ1n) is 3.05. The first-order valence-corrected chi connectivity index (χ1v) is 4.66. The maximum atomic E-state index is 8.42. The Morgan fingerprint density at radius 2 is 1.92 bits per heavy atom. The molecule has 0 radical (unpaired) electrons. The summed E-state index contributed by atoms with van der Waals surface area (Å²) in [7, 11) is 0. The molecule has 0 amide bonds. The van der Waals surface area contributed by atoms with E-state index < -0.39 is 0 Å². The van der Waals surface area contributed by atoms with Gasteiger partial charge in [0.1, 0.15) is 5.40 Å².